The molecule has 2 rings (SSSR count). The van der Waals surface area contributed by atoms with Gasteiger partial charge in [0.15, 0.2) is 0 Å². The second kappa shape index (κ2) is 6.04. The number of rotatable bonds is 4. The molecular weight excluding hydrogens is 275 g/mol. The Kier molecular flexibility index (Phi) is 4.18. The number of carbonyl (C=O) groups is 2. The van der Waals surface area contributed by atoms with Crippen LogP contribution in [0.25, 0.3) is 0 Å². The minimum atomic E-state index is -0.965. The first-order valence-electron chi connectivity index (χ1n) is 6.13. The molecule has 0 spiro atoms. The van der Waals surface area contributed by atoms with Gasteiger partial charge in [-0.3, -0.25) is 9.59 Å². The third-order valence-corrected chi connectivity index (χ3v) is 2.84. The molecule has 0 aromatic heterocycles. The van der Waals surface area contributed by atoms with Crippen molar-refractivity contribution in [3.63, 3.8) is 0 Å². The van der Waals surface area contributed by atoms with Crippen molar-refractivity contribution in [2.75, 3.05) is 11.1 Å². The van der Waals surface area contributed by atoms with Crippen molar-refractivity contribution < 1.29 is 19.1 Å². The average Bonchev–Trinajstić information content (AvgIpc) is 2.41. The maximum Gasteiger partial charge on any atom is 0.307 e. The van der Waals surface area contributed by atoms with E-state index in [1.54, 1.807) is 24.3 Å². The van der Waals surface area contributed by atoms with E-state index in [0.29, 0.717) is 11.3 Å². The molecule has 6 heteroatoms. The van der Waals surface area contributed by atoms with Gasteiger partial charge in [-0.15, -0.1) is 0 Å². The first-order chi connectivity index (χ1) is 9.97. The second-order valence-electron chi connectivity index (χ2n) is 4.43. The van der Waals surface area contributed by atoms with Crippen molar-refractivity contribution in [3.05, 3.63) is 59.4 Å². The first kappa shape index (κ1) is 14.5. The Bertz CT molecular complexity index is 701. The molecule has 4 N–H and O–H groups in total. The van der Waals surface area contributed by atoms with E-state index in [9.17, 15) is 14.0 Å². The maximum absolute atomic E-state index is 13.3. The molecule has 108 valence electrons. The Morgan fingerprint density at radius 2 is 1.90 bits per heavy atom. The van der Waals surface area contributed by atoms with E-state index in [0.717, 1.165) is 0 Å². The van der Waals surface area contributed by atoms with Gasteiger partial charge in [0, 0.05) is 5.69 Å². The van der Waals surface area contributed by atoms with Crippen molar-refractivity contribution in [2.45, 2.75) is 6.42 Å². The molecule has 0 heterocycles. The SMILES string of the molecule is Nc1c(F)cccc1C(=O)Nc1cccc(CC(=O)O)c1. The van der Waals surface area contributed by atoms with Gasteiger partial charge >= 0.3 is 5.97 Å². The van der Waals surface area contributed by atoms with Crippen molar-refractivity contribution in [1.82, 2.24) is 0 Å². The quantitative estimate of drug-likeness (QED) is 0.752. The zero-order valence-corrected chi connectivity index (χ0v) is 11.0. The van der Waals surface area contributed by atoms with E-state index >= 15 is 0 Å². The number of hydrogen-bond acceptors (Lipinski definition) is 3. The maximum atomic E-state index is 13.3. The number of amides is 1. The highest BCUT2D eigenvalue weighted by molar-refractivity contribution is 6.07. The van der Waals surface area contributed by atoms with Crippen LogP contribution < -0.4 is 11.1 Å². The van der Waals surface area contributed by atoms with Crippen molar-refractivity contribution in [1.29, 1.82) is 0 Å². The molecule has 2 aromatic rings. The minimum Gasteiger partial charge on any atom is -0.481 e. The normalized spacial score (nSPS) is 10.1. The smallest absolute Gasteiger partial charge is 0.307 e. The number of carboxylic acid groups (broad SMARTS) is 1. The van der Waals surface area contributed by atoms with Crippen LogP contribution in [0.15, 0.2) is 42.5 Å². The zero-order chi connectivity index (χ0) is 15.4. The number of para-hydroxylation sites is 1. The zero-order valence-electron chi connectivity index (χ0n) is 11.0. The number of benzene rings is 2. The van der Waals surface area contributed by atoms with E-state index in [2.05, 4.69) is 5.32 Å². The number of nitrogen functional groups attached to an aromatic ring is 1. The van der Waals surface area contributed by atoms with Gasteiger partial charge in [0.2, 0.25) is 0 Å². The Balaban J connectivity index is 2.20. The van der Waals surface area contributed by atoms with E-state index in [1.807, 2.05) is 0 Å². The second-order valence-corrected chi connectivity index (χ2v) is 4.43. The van der Waals surface area contributed by atoms with Crippen LogP contribution in [0.5, 0.6) is 0 Å². The molecule has 0 aliphatic carbocycles. The summed E-state index contributed by atoms with van der Waals surface area (Å²) in [5.41, 5.74) is 6.29. The summed E-state index contributed by atoms with van der Waals surface area (Å²) >= 11 is 0. The molecule has 2 aromatic carbocycles. The van der Waals surface area contributed by atoms with Crippen LogP contribution in [-0.2, 0) is 11.2 Å². The van der Waals surface area contributed by atoms with Gasteiger partial charge in [-0.25, -0.2) is 4.39 Å². The number of halogens is 1. The fourth-order valence-electron chi connectivity index (χ4n) is 1.87. The van der Waals surface area contributed by atoms with E-state index in [-0.39, 0.29) is 17.7 Å². The number of carbonyl (C=O) groups excluding carboxylic acids is 1. The van der Waals surface area contributed by atoms with Crippen molar-refractivity contribution in [2.24, 2.45) is 0 Å². The predicted octanol–water partition coefficient (Wildman–Crippen LogP) is 2.29. The lowest BCUT2D eigenvalue weighted by molar-refractivity contribution is -0.136. The van der Waals surface area contributed by atoms with E-state index < -0.39 is 17.7 Å². The third kappa shape index (κ3) is 3.56. The summed E-state index contributed by atoms with van der Waals surface area (Å²) in [5, 5.41) is 11.3. The summed E-state index contributed by atoms with van der Waals surface area (Å²) in [5.74, 6) is -2.19. The molecule has 0 saturated heterocycles. The lowest BCUT2D eigenvalue weighted by Crippen LogP contribution is -2.15. The number of anilines is 2. The summed E-state index contributed by atoms with van der Waals surface area (Å²) < 4.78 is 13.3. The van der Waals surface area contributed by atoms with Crippen LogP contribution in [0.1, 0.15) is 15.9 Å². The molecule has 1 amide bonds. The lowest BCUT2D eigenvalue weighted by Gasteiger charge is -2.09. The van der Waals surface area contributed by atoms with Gasteiger partial charge in [-0.1, -0.05) is 18.2 Å². The molecule has 0 bridgehead atoms. The van der Waals surface area contributed by atoms with Crippen LogP contribution in [0.3, 0.4) is 0 Å². The Morgan fingerprint density at radius 3 is 2.62 bits per heavy atom. The van der Waals surface area contributed by atoms with Gasteiger partial charge in [-0.05, 0) is 29.8 Å². The molecule has 0 atom stereocenters. The van der Waals surface area contributed by atoms with Crippen LogP contribution in [0, 0.1) is 5.82 Å². The largest absolute Gasteiger partial charge is 0.481 e. The molecule has 0 aliphatic rings. The van der Waals surface area contributed by atoms with Crippen LogP contribution >= 0.6 is 0 Å². The number of carboxylic acids is 1. The van der Waals surface area contributed by atoms with Crippen molar-refractivity contribution >= 4 is 23.3 Å². The standard InChI is InChI=1S/C15H13FN2O3/c16-12-6-2-5-11(14(12)17)15(21)18-10-4-1-3-9(7-10)8-13(19)20/h1-7H,8,17H2,(H,18,21)(H,19,20). The summed E-state index contributed by atoms with van der Waals surface area (Å²) in [7, 11) is 0. The first-order valence-corrected chi connectivity index (χ1v) is 6.13. The monoisotopic (exact) mass is 288 g/mol. The average molecular weight is 288 g/mol. The molecule has 0 aliphatic heterocycles. The highest BCUT2D eigenvalue weighted by Crippen LogP contribution is 2.18. The summed E-state index contributed by atoms with van der Waals surface area (Å²) in [6, 6.07) is 10.4. The molecular formula is C15H13FN2O3. The highest BCUT2D eigenvalue weighted by Gasteiger charge is 2.13. The Labute approximate surface area is 120 Å². The summed E-state index contributed by atoms with van der Waals surface area (Å²) in [6.07, 6.45) is -0.147. The molecule has 0 unspecified atom stereocenters. The topological polar surface area (TPSA) is 92.4 Å². The van der Waals surface area contributed by atoms with Gasteiger partial charge in [-0.2, -0.15) is 0 Å². The number of hydrogen-bond donors (Lipinski definition) is 3. The fraction of sp³-hybridized carbons (Fsp3) is 0.0667. The van der Waals surface area contributed by atoms with Crippen LogP contribution in [0.4, 0.5) is 15.8 Å². The van der Waals surface area contributed by atoms with E-state index in [1.165, 1.54) is 18.2 Å². The third-order valence-electron chi connectivity index (χ3n) is 2.84. The molecule has 21 heavy (non-hydrogen) atoms. The number of nitrogens with two attached hydrogens (primary N) is 1. The molecule has 0 radical (unpaired) electrons. The Hall–Kier alpha value is -2.89. The lowest BCUT2D eigenvalue weighted by atomic mass is 10.1. The molecule has 0 fully saturated rings. The Morgan fingerprint density at radius 1 is 1.19 bits per heavy atom. The van der Waals surface area contributed by atoms with Gasteiger partial charge in [0.1, 0.15) is 5.82 Å². The minimum absolute atomic E-state index is 0.0265. The van der Waals surface area contributed by atoms with Crippen molar-refractivity contribution in [3.8, 4) is 0 Å². The fourth-order valence-corrected chi connectivity index (χ4v) is 1.87. The van der Waals surface area contributed by atoms with Gasteiger partial charge < -0.3 is 16.2 Å². The van der Waals surface area contributed by atoms with Gasteiger partial charge in [0.25, 0.3) is 5.91 Å². The van der Waals surface area contributed by atoms with E-state index in [4.69, 9.17) is 10.8 Å². The van der Waals surface area contributed by atoms with Crippen LogP contribution in [0.2, 0.25) is 0 Å². The summed E-state index contributed by atoms with van der Waals surface area (Å²) in [4.78, 5) is 22.7. The predicted molar refractivity (Wildman–Crippen MR) is 76.5 cm³/mol. The number of aliphatic carboxylic acids is 1. The molecule has 5 nitrogen and oxygen atoms in total. The highest BCUT2D eigenvalue weighted by atomic mass is 19.1. The molecule has 0 saturated carbocycles. The number of nitrogens with one attached hydrogen (secondary N) is 1. The summed E-state index contributed by atoms with van der Waals surface area (Å²) in [6.45, 7) is 0. The van der Waals surface area contributed by atoms with Crippen LogP contribution in [-0.4, -0.2) is 17.0 Å². The van der Waals surface area contributed by atoms with Gasteiger partial charge in [0.05, 0.1) is 17.7 Å².